The van der Waals surface area contributed by atoms with Gasteiger partial charge in [0.1, 0.15) is 103 Å². The van der Waals surface area contributed by atoms with Gasteiger partial charge in [-0.3, -0.25) is 43.2 Å². The van der Waals surface area contributed by atoms with Crippen molar-refractivity contribution in [3.05, 3.63) is 0 Å². The van der Waals surface area contributed by atoms with Crippen molar-refractivity contribution in [2.45, 2.75) is 207 Å². The second-order valence-electron chi connectivity index (χ2n) is 22.1. The highest BCUT2D eigenvalue weighted by molar-refractivity contribution is 5.97. The topological polar surface area (TPSA) is 565 Å². The number of hydrogen-bond acceptors (Lipinski definition) is 27. The zero-order valence-corrected chi connectivity index (χ0v) is 49.1. The minimum absolute atomic E-state index is 0.0258. The third-order valence-corrected chi connectivity index (χ3v) is 15.6. The number of ether oxygens (including phenoxy) is 6. The number of hydrogen-bond donors (Lipinski definition) is 19. The molecule has 5 rings (SSSR count). The van der Waals surface area contributed by atoms with Crippen molar-refractivity contribution in [2.24, 2.45) is 5.73 Å². The van der Waals surface area contributed by atoms with Crippen molar-refractivity contribution in [2.75, 3.05) is 53.1 Å². The van der Waals surface area contributed by atoms with Gasteiger partial charge in [0, 0.05) is 33.4 Å². The van der Waals surface area contributed by atoms with Crippen LogP contribution in [0.25, 0.3) is 0 Å². The maximum atomic E-state index is 14.6. The third-order valence-electron chi connectivity index (χ3n) is 15.6. The highest BCUT2D eigenvalue weighted by atomic mass is 16.8. The van der Waals surface area contributed by atoms with E-state index in [-0.39, 0.29) is 32.5 Å². The molecule has 9 amide bonds. The number of carbonyl (C=O) groups is 10. The molecule has 12 unspecified atom stereocenters. The number of aliphatic carboxylic acids is 1. The van der Waals surface area contributed by atoms with E-state index in [1.807, 2.05) is 0 Å². The summed E-state index contributed by atoms with van der Waals surface area (Å²) in [7, 11) is 1.41. The van der Waals surface area contributed by atoms with Gasteiger partial charge in [-0.05, 0) is 53.5 Å². The molecular weight excluding hydrogens is 1180 g/mol. The molecule has 0 saturated carbocycles. The SMILES string of the molecule is CNCC(=O)NC(CO)C(=O)NC(C(=O)NC(C)C(=O)N1CCCC1C(=O)N1CCCC1C(=O)NC(C)C(N)=O)C(C)O[C@H]1OC(CO)[C@H](O)C(O[C@@H]2OC(CO)[C@H](O)C(O[C@]3(C(=O)O)C[C@@H](O)[C@H](NC(C)=O)C([C@H](O)[C@H](O)CO)O3)[C@@H]2O)[C@@H]1NC(C)=O. The molecule has 0 radical (unpaired) electrons. The highest BCUT2D eigenvalue weighted by Gasteiger charge is 2.61. The van der Waals surface area contributed by atoms with Crippen LogP contribution < -0.4 is 43.0 Å². The molecule has 500 valence electrons. The van der Waals surface area contributed by atoms with E-state index in [2.05, 4.69) is 37.2 Å². The molecule has 20 N–H and O–H groups in total. The highest BCUT2D eigenvalue weighted by Crippen LogP contribution is 2.39. The smallest absolute Gasteiger partial charge is 0.364 e. The second kappa shape index (κ2) is 32.2. The van der Waals surface area contributed by atoms with Crippen LogP contribution in [0.5, 0.6) is 0 Å². The summed E-state index contributed by atoms with van der Waals surface area (Å²) < 4.78 is 35.3. The Morgan fingerprint density at radius 2 is 1.28 bits per heavy atom. The molecule has 23 atom stereocenters. The molecule has 0 aromatic heterocycles. The van der Waals surface area contributed by atoms with E-state index in [1.54, 1.807) is 0 Å². The number of likely N-dealkylation sites (N-methyl/N-ethyl adjacent to an activating group) is 1. The number of rotatable bonds is 28. The van der Waals surface area contributed by atoms with E-state index in [0.29, 0.717) is 12.8 Å². The van der Waals surface area contributed by atoms with E-state index in [0.717, 1.165) is 20.8 Å². The molecule has 5 saturated heterocycles. The van der Waals surface area contributed by atoms with Crippen molar-refractivity contribution >= 4 is 59.1 Å². The van der Waals surface area contributed by atoms with Gasteiger partial charge in [0.2, 0.25) is 53.2 Å². The van der Waals surface area contributed by atoms with Gasteiger partial charge in [-0.1, -0.05) is 0 Å². The zero-order valence-electron chi connectivity index (χ0n) is 49.1. The van der Waals surface area contributed by atoms with Crippen LogP contribution in [0.1, 0.15) is 66.7 Å². The molecule has 5 fully saturated rings. The summed E-state index contributed by atoms with van der Waals surface area (Å²) >= 11 is 0. The number of amides is 9. The number of aliphatic hydroxyl groups is 10. The van der Waals surface area contributed by atoms with E-state index >= 15 is 0 Å². The lowest BCUT2D eigenvalue weighted by atomic mass is 9.88. The normalized spacial score (nSPS) is 33.1. The predicted molar refractivity (Wildman–Crippen MR) is 289 cm³/mol. The van der Waals surface area contributed by atoms with Gasteiger partial charge in [-0.15, -0.1) is 0 Å². The Hall–Kier alpha value is -5.98. The molecule has 0 aliphatic carbocycles. The number of nitrogens with zero attached hydrogens (tertiary/aromatic N) is 2. The van der Waals surface area contributed by atoms with Gasteiger partial charge in [0.05, 0.1) is 51.2 Å². The first-order chi connectivity index (χ1) is 41.4. The molecule has 0 spiro atoms. The van der Waals surface area contributed by atoms with Crippen LogP contribution in [0, 0.1) is 0 Å². The average molecular weight is 1270 g/mol. The molecule has 5 aliphatic rings. The van der Waals surface area contributed by atoms with E-state index in [9.17, 15) is 104 Å². The van der Waals surface area contributed by atoms with Gasteiger partial charge in [-0.25, -0.2) is 4.79 Å². The number of aliphatic hydroxyl groups excluding tert-OH is 10. The molecule has 0 bridgehead atoms. The first-order valence-electron chi connectivity index (χ1n) is 28.4. The largest absolute Gasteiger partial charge is 0.477 e. The first kappa shape index (κ1) is 72.8. The number of primary amides is 1. The van der Waals surface area contributed by atoms with Crippen LogP contribution in [0.3, 0.4) is 0 Å². The fourth-order valence-corrected chi connectivity index (χ4v) is 11.0. The Bertz CT molecular complexity index is 2470. The van der Waals surface area contributed by atoms with E-state index < -0.39 is 232 Å². The van der Waals surface area contributed by atoms with Crippen molar-refractivity contribution in [1.82, 2.24) is 47.0 Å². The van der Waals surface area contributed by atoms with Crippen molar-refractivity contribution < 1.29 is 133 Å². The average Bonchev–Trinajstić information content (AvgIpc) is 2.04. The van der Waals surface area contributed by atoms with E-state index in [4.69, 9.17) is 34.2 Å². The van der Waals surface area contributed by atoms with Gasteiger partial charge in [-0.2, -0.15) is 0 Å². The monoisotopic (exact) mass is 1270 g/mol. The summed E-state index contributed by atoms with van der Waals surface area (Å²) in [4.78, 5) is 135. The van der Waals surface area contributed by atoms with Crippen LogP contribution >= 0.6 is 0 Å². The number of carboxylic acids is 1. The number of nitrogens with two attached hydrogens (primary N) is 1. The fourth-order valence-electron chi connectivity index (χ4n) is 11.0. The lowest BCUT2D eigenvalue weighted by molar-refractivity contribution is -0.382. The quantitative estimate of drug-likeness (QED) is 0.0346. The lowest BCUT2D eigenvalue weighted by Crippen LogP contribution is -2.71. The van der Waals surface area contributed by atoms with Gasteiger partial charge in [0.25, 0.3) is 5.79 Å². The molecule has 88 heavy (non-hydrogen) atoms. The maximum Gasteiger partial charge on any atom is 0.364 e. The summed E-state index contributed by atoms with van der Waals surface area (Å²) in [5.41, 5.74) is 5.32. The van der Waals surface area contributed by atoms with E-state index in [1.165, 1.54) is 30.7 Å². The Morgan fingerprint density at radius 1 is 0.705 bits per heavy atom. The van der Waals surface area contributed by atoms with Gasteiger partial charge >= 0.3 is 5.97 Å². The number of nitrogens with one attached hydrogen (secondary N) is 7. The second-order valence-corrected chi connectivity index (χ2v) is 22.1. The van der Waals surface area contributed by atoms with Crippen LogP contribution in [0.2, 0.25) is 0 Å². The van der Waals surface area contributed by atoms with Crippen molar-refractivity contribution in [3.63, 3.8) is 0 Å². The van der Waals surface area contributed by atoms with Gasteiger partial charge < -0.3 is 137 Å². The molecule has 37 heteroatoms. The summed E-state index contributed by atoms with van der Waals surface area (Å²) in [5, 5.41) is 136. The summed E-state index contributed by atoms with van der Waals surface area (Å²) in [5.74, 6) is -13.0. The van der Waals surface area contributed by atoms with Gasteiger partial charge in [0.15, 0.2) is 12.6 Å². The van der Waals surface area contributed by atoms with Crippen LogP contribution in [0.15, 0.2) is 0 Å². The van der Waals surface area contributed by atoms with Crippen molar-refractivity contribution in [1.29, 1.82) is 0 Å². The lowest BCUT2D eigenvalue weighted by Gasteiger charge is -2.51. The first-order valence-corrected chi connectivity index (χ1v) is 28.4. The number of carboxylic acid groups (broad SMARTS) is 1. The number of likely N-dealkylation sites (tertiary alicyclic amines) is 2. The summed E-state index contributed by atoms with van der Waals surface area (Å²) in [6.45, 7) is 1.18. The molecule has 5 aliphatic heterocycles. The molecule has 0 aromatic rings. The molecule has 5 heterocycles. The minimum Gasteiger partial charge on any atom is -0.477 e. The van der Waals surface area contributed by atoms with Crippen LogP contribution in [-0.2, 0) is 76.4 Å². The Labute approximate surface area is 503 Å². The summed E-state index contributed by atoms with van der Waals surface area (Å²) in [6, 6.07) is -11.9. The van der Waals surface area contributed by atoms with Crippen molar-refractivity contribution in [3.8, 4) is 0 Å². The molecule has 0 aromatic carbocycles. The van der Waals surface area contributed by atoms with Crippen LogP contribution in [0.4, 0.5) is 0 Å². The summed E-state index contributed by atoms with van der Waals surface area (Å²) in [6.07, 6.45) is -29.3. The fraction of sp³-hybridized carbons (Fsp3) is 0.804. The molecular formula is C51H84N10O27. The third kappa shape index (κ3) is 17.3. The standard InChI is InChI=1S/C51H84N10O27/c1-19(42(52)75)54-44(77)25-9-7-11-60(25)47(80)26-10-8-12-61(26)46(79)20(2)55-45(78)32(59-43(76)24(15-62)58-31(70)14-53-6)21(3)83-48-34(57-23(5)67)39(36(72)29(17-64)84-48)86-49-38(74)41(37(73)30(18-65)85-49)88-51(50(81)82)13-27(68)33(56-22(4)66)40(87-51)35(71)28(69)16-63/h19-21,24-30,32-41,48-49,53,62-65,68-69,71-74H,7-18H2,1-6H3,(H2,52,75)(H,54,77)(H,55,78)(H,56,66)(H,57,67)(H,58,70)(H,59,76)(H,81,82)/t19?,20?,21?,24?,25?,26?,27-,28-,29?,30?,32?,33+,34+,35-,36+,37+,38+,39?,40?,41?,48+,49+,51+/m1/s1. The maximum absolute atomic E-state index is 14.6. The predicted octanol–water partition coefficient (Wildman–Crippen LogP) is -12.0. The Balaban J connectivity index is 1.45. The Kier molecular flexibility index (Phi) is 26.6. The molecule has 37 nitrogen and oxygen atoms in total. The Morgan fingerprint density at radius 3 is 1.84 bits per heavy atom. The number of carbonyl (C=O) groups excluding carboxylic acids is 9. The zero-order chi connectivity index (χ0) is 65.8. The minimum atomic E-state index is -3.22. The van der Waals surface area contributed by atoms with Crippen LogP contribution in [-0.4, -0.2) is 318 Å².